The molecule has 0 aliphatic rings. The maximum absolute atomic E-state index is 12.0. The molecule has 31 heteroatoms. The van der Waals surface area contributed by atoms with Crippen molar-refractivity contribution in [2.75, 3.05) is 0 Å². The summed E-state index contributed by atoms with van der Waals surface area (Å²) < 4.78 is 121. The van der Waals surface area contributed by atoms with Crippen LogP contribution in [0, 0.1) is 0 Å². The van der Waals surface area contributed by atoms with Gasteiger partial charge in [0, 0.05) is 0 Å². The molecule has 0 heterocycles. The first kappa shape index (κ1) is 47.0. The lowest BCUT2D eigenvalue weighted by atomic mass is 10.2. The van der Waals surface area contributed by atoms with E-state index in [1.807, 2.05) is 0 Å². The van der Waals surface area contributed by atoms with E-state index in [4.69, 9.17) is 76.7 Å². The van der Waals surface area contributed by atoms with E-state index in [1.165, 1.54) is 24.3 Å². The van der Waals surface area contributed by atoms with Crippen LogP contribution < -0.4 is 0 Å². The van der Waals surface area contributed by atoms with Crippen molar-refractivity contribution >= 4 is 53.4 Å². The molecule has 38 heavy (non-hydrogen) atoms. The van der Waals surface area contributed by atoms with Crippen LogP contribution in [0.25, 0.3) is 0 Å². The molecule has 0 spiro atoms. The molecule has 0 amide bonds. The van der Waals surface area contributed by atoms with Crippen LogP contribution in [0.4, 0.5) is 25.2 Å². The second-order valence-electron chi connectivity index (χ2n) is 4.56. The fourth-order valence-corrected chi connectivity index (χ4v) is 1.04. The number of halogens is 6. The Hall–Kier alpha value is -0.790. The van der Waals surface area contributed by atoms with Gasteiger partial charge in [-0.3, -0.25) is 53.8 Å². The molecule has 0 fully saturated rings. The average Bonchev–Trinajstić information content (AvgIpc) is 2.45. The van der Waals surface area contributed by atoms with Crippen molar-refractivity contribution in [3.8, 4) is 0 Å². The highest BCUT2D eigenvalue weighted by molar-refractivity contribution is 7.47. The van der Waals surface area contributed by atoms with E-state index < -0.39 is 53.4 Å². The zero-order chi connectivity index (χ0) is 32.4. The number of hydrogen-bond acceptors (Lipinski definition) is 8. The molecule has 0 aromatic heterocycles. The molecule has 230 valence electrons. The van der Waals surface area contributed by atoms with Crippen LogP contribution in [0.3, 0.4) is 0 Å². The summed E-state index contributed by atoms with van der Waals surface area (Å²) in [6.07, 6.45) is 0. The van der Waals surface area contributed by atoms with E-state index in [-0.39, 0.29) is 5.56 Å². The summed E-state index contributed by atoms with van der Waals surface area (Å²) in [5, 5.41) is 0. The van der Waals surface area contributed by atoms with Crippen molar-refractivity contribution in [1.29, 1.82) is 0 Å². The van der Waals surface area contributed by atoms with Gasteiger partial charge in [0.1, 0.15) is 0 Å². The Morgan fingerprint density at radius 1 is 0.500 bits per heavy atom. The molecule has 0 aliphatic heterocycles. The second kappa shape index (κ2) is 20.1. The molecule has 11 N–H and O–H groups in total. The average molecular weight is 704 g/mol. The molecular weight excluding hydrogens is 688 g/mol. The third kappa shape index (κ3) is 157. The van der Waals surface area contributed by atoms with E-state index in [9.17, 15) is 34.5 Å². The van der Waals surface area contributed by atoms with Crippen molar-refractivity contribution < 1.29 is 116 Å². The minimum Gasteiger partial charge on any atom is -0.364 e. The first-order valence-electron chi connectivity index (χ1n) is 7.06. The molecule has 1 aromatic rings. The van der Waals surface area contributed by atoms with Gasteiger partial charge in [0.05, 0.1) is 5.56 Å². The summed E-state index contributed by atoms with van der Waals surface area (Å²) in [5.41, 5.74) is 0.0226. The molecule has 1 aromatic carbocycles. The van der Waals surface area contributed by atoms with Gasteiger partial charge in [-0.2, -0.15) is 0 Å². The van der Waals surface area contributed by atoms with E-state index in [2.05, 4.69) is 4.52 Å². The van der Waals surface area contributed by atoms with Gasteiger partial charge in [-0.25, -0.2) is 32.2 Å². The lowest BCUT2D eigenvalue weighted by Crippen LogP contribution is -2.00. The molecule has 1 atom stereocenters. The third-order valence-electron chi connectivity index (χ3n) is 1.20. The highest BCUT2D eigenvalue weighted by Crippen LogP contribution is 2.44. The summed E-state index contributed by atoms with van der Waals surface area (Å²) >= 11 is 0. The third-order valence-corrected chi connectivity index (χ3v) is 1.60. The highest BCUT2D eigenvalue weighted by atomic mass is 31.2. The topological polar surface area (TPSA) is 351 Å². The number of hydrogen-bond donors (Lipinski definition) is 11. The second-order valence-corrected chi connectivity index (χ2v) is 10.4. The van der Waals surface area contributed by atoms with Crippen molar-refractivity contribution in [3.05, 3.63) is 35.9 Å². The molecule has 1 rings (SSSR count). The van der Waals surface area contributed by atoms with Crippen LogP contribution in [0.2, 0.25) is 0 Å². The maximum Gasteiger partial charge on any atom is 0.569 e. The Labute approximate surface area is 205 Å². The monoisotopic (exact) mass is 704 g/mol. The van der Waals surface area contributed by atoms with Crippen LogP contribution in [-0.2, 0) is 31.9 Å². The Kier molecular flexibility index (Phi) is 24.9. The summed E-state index contributed by atoms with van der Waals surface area (Å²) in [4.78, 5) is 88.6. The highest BCUT2D eigenvalue weighted by Gasteiger charge is 2.23. The van der Waals surface area contributed by atoms with Gasteiger partial charge in [0.2, 0.25) is 0 Å². The molecule has 0 saturated carbocycles. The SMILES string of the molecule is O=C(OP(=O)(O)F)c1ccccc1.O=P(O)(O)F.O=P(O)(O)F.O=P(O)(O)F.O=P(O)(O)F.O=P(O)(O)F. The quantitative estimate of drug-likeness (QED) is 0.155. The fraction of sp³-hybridized carbons (Fsp3) is 0. The standard InChI is InChI=1S/C7H6FO4P.5FH2O3P/c8-13(10,11)12-7(9)6-4-2-1-3-5-6;5*1-5(2,3)4/h1-5H,(H,10,11);5*(H2,2,3,4). The first-order chi connectivity index (χ1) is 16.0. The lowest BCUT2D eigenvalue weighted by Gasteiger charge is -2.02. The maximum atomic E-state index is 12.0. The van der Waals surface area contributed by atoms with Crippen molar-refractivity contribution in [2.24, 2.45) is 0 Å². The minimum absolute atomic E-state index is 0.0226. The van der Waals surface area contributed by atoms with Crippen LogP contribution in [0.15, 0.2) is 30.3 Å². The number of benzene rings is 1. The Morgan fingerprint density at radius 2 is 0.684 bits per heavy atom. The van der Waals surface area contributed by atoms with Gasteiger partial charge in [-0.15, -0.1) is 25.2 Å². The smallest absolute Gasteiger partial charge is 0.364 e. The number of carbonyl (C=O) groups is 1. The lowest BCUT2D eigenvalue weighted by molar-refractivity contribution is 0.0696. The van der Waals surface area contributed by atoms with Gasteiger partial charge in [-0.1, -0.05) is 18.2 Å². The Balaban J connectivity index is -0.000000124. The summed E-state index contributed by atoms with van der Waals surface area (Å²) in [7, 11) is -30.9. The van der Waals surface area contributed by atoms with Crippen molar-refractivity contribution in [2.45, 2.75) is 0 Å². The molecule has 0 saturated heterocycles. The summed E-state index contributed by atoms with van der Waals surface area (Å²) in [6, 6.07) is 7.38. The zero-order valence-electron chi connectivity index (χ0n) is 17.0. The van der Waals surface area contributed by atoms with Crippen molar-refractivity contribution in [1.82, 2.24) is 0 Å². The van der Waals surface area contributed by atoms with Crippen LogP contribution >= 0.6 is 47.4 Å². The number of rotatable bonds is 2. The molecule has 0 bridgehead atoms. The van der Waals surface area contributed by atoms with Gasteiger partial charge in [0.15, 0.2) is 0 Å². The van der Waals surface area contributed by atoms with E-state index in [0.717, 1.165) is 0 Å². The van der Waals surface area contributed by atoms with Gasteiger partial charge in [-0.05, 0) is 12.1 Å². The zero-order valence-corrected chi connectivity index (χ0v) is 22.4. The first-order valence-corrected chi connectivity index (χ1v) is 16.0. The molecule has 0 radical (unpaired) electrons. The van der Waals surface area contributed by atoms with Gasteiger partial charge in [0.25, 0.3) is 0 Å². The Bertz CT molecular complexity index is 907. The molecule has 19 nitrogen and oxygen atoms in total. The molecule has 0 aliphatic carbocycles. The van der Waals surface area contributed by atoms with Crippen molar-refractivity contribution in [3.63, 3.8) is 0 Å². The van der Waals surface area contributed by atoms with E-state index in [0.29, 0.717) is 0 Å². The van der Waals surface area contributed by atoms with E-state index in [1.54, 1.807) is 6.07 Å². The number of carbonyl (C=O) groups excluding carboxylic acids is 1. The van der Waals surface area contributed by atoms with Gasteiger partial charge < -0.3 is 4.52 Å². The van der Waals surface area contributed by atoms with E-state index >= 15 is 0 Å². The predicted molar refractivity (Wildman–Crippen MR) is 109 cm³/mol. The fourth-order valence-electron chi connectivity index (χ4n) is 0.729. The minimum atomic E-state index is -5.24. The van der Waals surface area contributed by atoms with Gasteiger partial charge >= 0.3 is 53.4 Å². The summed E-state index contributed by atoms with van der Waals surface area (Å²) in [6.45, 7) is 0. The van der Waals surface area contributed by atoms with Crippen LogP contribution in [-0.4, -0.2) is 59.8 Å². The largest absolute Gasteiger partial charge is 0.569 e. The molecule has 1 unspecified atom stereocenters. The Morgan fingerprint density at radius 3 is 0.842 bits per heavy atom. The summed E-state index contributed by atoms with van der Waals surface area (Å²) in [5.74, 6) is -1.16. The molecular formula is C7H16F6O19P6. The van der Waals surface area contributed by atoms with Crippen LogP contribution in [0.5, 0.6) is 0 Å². The normalized spacial score (nSPS) is 12.8. The predicted octanol–water partition coefficient (Wildman–Crippen LogP) is 2.16. The van der Waals surface area contributed by atoms with Crippen LogP contribution in [0.1, 0.15) is 10.4 Å².